The monoisotopic (exact) mass is 396 g/mol. The molecule has 1 atom stereocenters. The minimum atomic E-state index is -0.121. The minimum Gasteiger partial charge on any atom is -0.379 e. The molecule has 1 aromatic heterocycles. The Morgan fingerprint density at radius 1 is 1.17 bits per heavy atom. The van der Waals surface area contributed by atoms with Crippen LogP contribution in [0, 0.1) is 6.92 Å². The van der Waals surface area contributed by atoms with Crippen LogP contribution in [-0.4, -0.2) is 60.2 Å². The number of nitrogens with zero attached hydrogens (tertiary/aromatic N) is 2. The van der Waals surface area contributed by atoms with Crippen LogP contribution < -0.4 is 10.9 Å². The molecule has 1 fully saturated rings. The summed E-state index contributed by atoms with van der Waals surface area (Å²) in [6, 6.07) is 10.4. The van der Waals surface area contributed by atoms with Gasteiger partial charge in [-0.2, -0.15) is 0 Å². The second kappa shape index (κ2) is 8.80. The Labute approximate surface area is 170 Å². The third-order valence-corrected chi connectivity index (χ3v) is 5.84. The minimum absolute atomic E-state index is 0.101. The molecule has 154 valence electrons. The average Bonchev–Trinajstić information content (AvgIpc) is 2.76. The second-order valence-electron chi connectivity index (χ2n) is 7.74. The molecule has 7 nitrogen and oxygen atoms in total. The van der Waals surface area contributed by atoms with Crippen molar-refractivity contribution in [2.75, 3.05) is 39.4 Å². The van der Waals surface area contributed by atoms with Crippen LogP contribution in [0.5, 0.6) is 0 Å². The summed E-state index contributed by atoms with van der Waals surface area (Å²) in [5.41, 5.74) is 4.03. The summed E-state index contributed by atoms with van der Waals surface area (Å²) in [4.78, 5) is 31.7. The standard InChI is InChI=1S/C22H28N4O3/c1-16-2-4-18(5-3-16)20(25-10-12-29-13-11-25)14-24-22(28)26-9-7-17-6-8-23-21(27)19(17)15-26/h2-6,8,20H,7,9-15H2,1H3,(H,23,27)(H,24,28). The highest BCUT2D eigenvalue weighted by molar-refractivity contribution is 5.74. The van der Waals surface area contributed by atoms with Gasteiger partial charge in [-0.05, 0) is 30.5 Å². The lowest BCUT2D eigenvalue weighted by Crippen LogP contribution is -2.48. The summed E-state index contributed by atoms with van der Waals surface area (Å²) >= 11 is 0. The van der Waals surface area contributed by atoms with E-state index in [2.05, 4.69) is 46.4 Å². The average molecular weight is 396 g/mol. The fourth-order valence-electron chi connectivity index (χ4n) is 4.09. The number of morpholine rings is 1. The molecule has 2 aromatic rings. The Morgan fingerprint density at radius 3 is 2.69 bits per heavy atom. The molecule has 2 aliphatic rings. The van der Waals surface area contributed by atoms with Crippen LogP contribution in [0.25, 0.3) is 0 Å². The Bertz CT molecular complexity index is 903. The SMILES string of the molecule is Cc1ccc(C(CNC(=O)N2CCc3cc[nH]c(=O)c3C2)N2CCOCC2)cc1. The first-order valence-corrected chi connectivity index (χ1v) is 10.2. The van der Waals surface area contributed by atoms with Gasteiger partial charge in [0.2, 0.25) is 0 Å². The lowest BCUT2D eigenvalue weighted by molar-refractivity contribution is 0.0164. The topological polar surface area (TPSA) is 77.7 Å². The molecule has 1 unspecified atom stereocenters. The maximum atomic E-state index is 12.9. The number of pyridine rings is 1. The summed E-state index contributed by atoms with van der Waals surface area (Å²) in [5.74, 6) is 0. The fourth-order valence-corrected chi connectivity index (χ4v) is 4.09. The molecule has 2 N–H and O–H groups in total. The molecule has 1 saturated heterocycles. The summed E-state index contributed by atoms with van der Waals surface area (Å²) in [6.45, 7) is 6.69. The number of carbonyl (C=O) groups is 1. The Morgan fingerprint density at radius 2 is 1.93 bits per heavy atom. The van der Waals surface area contributed by atoms with Crippen LogP contribution in [0.1, 0.15) is 28.3 Å². The number of fused-ring (bicyclic) bond motifs is 1. The van der Waals surface area contributed by atoms with Gasteiger partial charge in [0.1, 0.15) is 0 Å². The highest BCUT2D eigenvalue weighted by Gasteiger charge is 2.26. The van der Waals surface area contributed by atoms with Crippen LogP contribution >= 0.6 is 0 Å². The predicted octanol–water partition coefficient (Wildman–Crippen LogP) is 1.82. The van der Waals surface area contributed by atoms with E-state index in [1.165, 1.54) is 11.1 Å². The van der Waals surface area contributed by atoms with Gasteiger partial charge >= 0.3 is 6.03 Å². The van der Waals surface area contributed by atoms with Crippen molar-refractivity contribution in [2.45, 2.75) is 25.9 Å². The van der Waals surface area contributed by atoms with Crippen molar-refractivity contribution < 1.29 is 9.53 Å². The molecule has 4 rings (SSSR count). The van der Waals surface area contributed by atoms with Crippen molar-refractivity contribution >= 4 is 6.03 Å². The van der Waals surface area contributed by atoms with Crippen LogP contribution in [0.3, 0.4) is 0 Å². The molecule has 0 radical (unpaired) electrons. The van der Waals surface area contributed by atoms with Gasteiger partial charge in [0.05, 0.1) is 25.8 Å². The molecule has 2 aliphatic heterocycles. The predicted molar refractivity (Wildman–Crippen MR) is 111 cm³/mol. The van der Waals surface area contributed by atoms with E-state index in [0.29, 0.717) is 44.8 Å². The number of H-pyrrole nitrogens is 1. The fraction of sp³-hybridized carbons (Fsp3) is 0.455. The molecule has 1 aromatic carbocycles. The van der Waals surface area contributed by atoms with Crippen molar-refractivity contribution in [1.29, 1.82) is 0 Å². The number of aromatic amines is 1. The van der Waals surface area contributed by atoms with E-state index in [9.17, 15) is 9.59 Å². The van der Waals surface area contributed by atoms with Crippen molar-refractivity contribution in [1.82, 2.24) is 20.1 Å². The van der Waals surface area contributed by atoms with Crippen LogP contribution in [0.2, 0.25) is 0 Å². The number of benzene rings is 1. The van der Waals surface area contributed by atoms with E-state index in [1.54, 1.807) is 11.1 Å². The third kappa shape index (κ3) is 4.52. The normalized spacial score (nSPS) is 18.2. The number of amides is 2. The van der Waals surface area contributed by atoms with Gasteiger partial charge in [-0.1, -0.05) is 29.8 Å². The molecule has 2 amide bonds. The molecule has 7 heteroatoms. The van der Waals surface area contributed by atoms with Crippen molar-refractivity contribution in [3.63, 3.8) is 0 Å². The number of aromatic nitrogens is 1. The number of nitrogens with one attached hydrogen (secondary N) is 2. The maximum absolute atomic E-state index is 12.9. The van der Waals surface area contributed by atoms with Gasteiger partial charge in [0.25, 0.3) is 5.56 Å². The first kappa shape index (κ1) is 19.7. The Hall–Kier alpha value is -2.64. The number of hydrogen-bond donors (Lipinski definition) is 2. The van der Waals surface area contributed by atoms with E-state index < -0.39 is 0 Å². The zero-order chi connectivity index (χ0) is 20.2. The number of aryl methyl sites for hydroxylation is 1. The van der Waals surface area contributed by atoms with Gasteiger partial charge < -0.3 is 19.9 Å². The van der Waals surface area contributed by atoms with E-state index >= 15 is 0 Å². The van der Waals surface area contributed by atoms with Crippen LogP contribution in [0.15, 0.2) is 41.3 Å². The number of ether oxygens (including phenoxy) is 1. The number of urea groups is 1. The van der Waals surface area contributed by atoms with Gasteiger partial charge in [-0.15, -0.1) is 0 Å². The zero-order valence-corrected chi connectivity index (χ0v) is 16.8. The van der Waals surface area contributed by atoms with E-state index in [0.717, 1.165) is 18.7 Å². The highest BCUT2D eigenvalue weighted by Crippen LogP contribution is 2.22. The quantitative estimate of drug-likeness (QED) is 0.827. The van der Waals surface area contributed by atoms with Crippen molar-refractivity contribution in [3.8, 4) is 0 Å². The second-order valence-corrected chi connectivity index (χ2v) is 7.74. The van der Waals surface area contributed by atoms with Crippen LogP contribution in [0.4, 0.5) is 4.79 Å². The van der Waals surface area contributed by atoms with Crippen molar-refractivity contribution in [3.05, 3.63) is 69.1 Å². The first-order valence-electron chi connectivity index (χ1n) is 10.2. The smallest absolute Gasteiger partial charge is 0.317 e. The molecule has 29 heavy (non-hydrogen) atoms. The summed E-state index contributed by atoms with van der Waals surface area (Å²) in [7, 11) is 0. The third-order valence-electron chi connectivity index (χ3n) is 5.84. The lowest BCUT2D eigenvalue weighted by atomic mass is 10.0. The number of rotatable bonds is 4. The maximum Gasteiger partial charge on any atom is 0.317 e. The highest BCUT2D eigenvalue weighted by atomic mass is 16.5. The molecule has 3 heterocycles. The van der Waals surface area contributed by atoms with E-state index in [1.807, 2.05) is 6.07 Å². The van der Waals surface area contributed by atoms with E-state index in [4.69, 9.17) is 4.74 Å². The lowest BCUT2D eigenvalue weighted by Gasteiger charge is -2.36. The summed E-state index contributed by atoms with van der Waals surface area (Å²) in [5, 5.41) is 3.11. The molecule has 0 spiro atoms. The Balaban J connectivity index is 1.44. The first-order chi connectivity index (χ1) is 14.1. The van der Waals surface area contributed by atoms with Gasteiger partial charge in [0.15, 0.2) is 0 Å². The molecular formula is C22H28N4O3. The zero-order valence-electron chi connectivity index (χ0n) is 16.8. The summed E-state index contributed by atoms with van der Waals surface area (Å²) < 4.78 is 5.50. The molecular weight excluding hydrogens is 368 g/mol. The number of hydrogen-bond acceptors (Lipinski definition) is 4. The number of carbonyl (C=O) groups excluding carboxylic acids is 1. The largest absolute Gasteiger partial charge is 0.379 e. The van der Waals surface area contributed by atoms with Crippen LogP contribution in [-0.2, 0) is 17.7 Å². The molecule has 0 saturated carbocycles. The molecule has 0 bridgehead atoms. The molecule has 0 aliphatic carbocycles. The van der Waals surface area contributed by atoms with Gasteiger partial charge in [-0.25, -0.2) is 4.79 Å². The van der Waals surface area contributed by atoms with Gasteiger partial charge in [-0.3, -0.25) is 9.69 Å². The summed E-state index contributed by atoms with van der Waals surface area (Å²) in [6.07, 6.45) is 2.38. The van der Waals surface area contributed by atoms with Crippen molar-refractivity contribution in [2.24, 2.45) is 0 Å². The van der Waals surface area contributed by atoms with Gasteiger partial charge in [0, 0.05) is 37.9 Å². The Kier molecular flexibility index (Phi) is 5.97. The van der Waals surface area contributed by atoms with E-state index in [-0.39, 0.29) is 17.6 Å².